The van der Waals surface area contributed by atoms with Crippen LogP contribution in [-0.2, 0) is 6.54 Å². The number of carbonyl (C=O) groups excluding carboxylic acids is 1. The molecule has 0 aliphatic rings. The normalized spacial score (nSPS) is 9.83. The van der Waals surface area contributed by atoms with Gasteiger partial charge in [0.15, 0.2) is 5.78 Å². The third-order valence-corrected chi connectivity index (χ3v) is 1.52. The summed E-state index contributed by atoms with van der Waals surface area (Å²) >= 11 is 0. The van der Waals surface area contributed by atoms with Gasteiger partial charge in [-0.15, -0.1) is 0 Å². The van der Waals surface area contributed by atoms with Gasteiger partial charge >= 0.3 is 0 Å². The summed E-state index contributed by atoms with van der Waals surface area (Å²) < 4.78 is 0. The number of nitrogens with one attached hydrogen (secondary N) is 1. The largest absolute Gasteiger partial charge is 0.326 e. The summed E-state index contributed by atoms with van der Waals surface area (Å²) in [7, 11) is 0. The van der Waals surface area contributed by atoms with Crippen molar-refractivity contribution in [2.45, 2.75) is 13.5 Å². The lowest BCUT2D eigenvalue weighted by Crippen LogP contribution is -2.13. The first-order valence-corrected chi connectivity index (χ1v) is 3.57. The van der Waals surface area contributed by atoms with Crippen LogP contribution < -0.4 is 11.3 Å². The van der Waals surface area contributed by atoms with Crippen LogP contribution in [0.4, 0.5) is 0 Å². The molecular weight excluding hydrogens is 156 g/mol. The van der Waals surface area contributed by atoms with Crippen molar-refractivity contribution in [3.8, 4) is 0 Å². The van der Waals surface area contributed by atoms with Crippen LogP contribution >= 0.6 is 0 Å². The quantitative estimate of drug-likeness (QED) is 0.609. The van der Waals surface area contributed by atoms with Gasteiger partial charge in [0.25, 0.3) is 0 Å². The molecule has 0 aromatic carbocycles. The standard InChI is InChI=1S/C8H10N2O2/c1-5(11)7-2-6(4-9)3-8(12)10-7/h2-3H,4,9H2,1H3,(H,10,12). The zero-order chi connectivity index (χ0) is 9.14. The minimum absolute atomic E-state index is 0.164. The molecule has 0 unspecified atom stereocenters. The Balaban J connectivity index is 3.24. The highest BCUT2D eigenvalue weighted by Gasteiger charge is 2.01. The Morgan fingerprint density at radius 1 is 1.58 bits per heavy atom. The Bertz CT molecular complexity index is 354. The summed E-state index contributed by atoms with van der Waals surface area (Å²) in [5.41, 5.74) is 6.01. The predicted octanol–water partition coefficient (Wildman–Crippen LogP) is 0.0362. The molecule has 64 valence electrons. The fraction of sp³-hybridized carbons (Fsp3) is 0.250. The second-order valence-electron chi connectivity index (χ2n) is 2.53. The lowest BCUT2D eigenvalue weighted by Gasteiger charge is -1.98. The van der Waals surface area contributed by atoms with Crippen molar-refractivity contribution >= 4 is 5.78 Å². The van der Waals surface area contributed by atoms with Crippen molar-refractivity contribution in [1.82, 2.24) is 4.98 Å². The van der Waals surface area contributed by atoms with Crippen molar-refractivity contribution in [2.75, 3.05) is 0 Å². The number of nitrogens with two attached hydrogens (primary N) is 1. The molecule has 0 spiro atoms. The number of aromatic amines is 1. The Kier molecular flexibility index (Phi) is 2.40. The molecule has 4 nitrogen and oxygen atoms in total. The molecule has 4 heteroatoms. The SMILES string of the molecule is CC(=O)c1cc(CN)cc(=O)[nH]1. The Morgan fingerprint density at radius 2 is 2.25 bits per heavy atom. The lowest BCUT2D eigenvalue weighted by molar-refractivity contribution is 0.101. The van der Waals surface area contributed by atoms with E-state index in [0.29, 0.717) is 11.3 Å². The van der Waals surface area contributed by atoms with E-state index in [9.17, 15) is 9.59 Å². The molecule has 0 fully saturated rings. The highest BCUT2D eigenvalue weighted by molar-refractivity contribution is 5.92. The van der Waals surface area contributed by atoms with Gasteiger partial charge in [0.2, 0.25) is 5.56 Å². The zero-order valence-electron chi connectivity index (χ0n) is 6.76. The van der Waals surface area contributed by atoms with Gasteiger partial charge in [0.05, 0.1) is 5.69 Å². The Hall–Kier alpha value is -1.42. The van der Waals surface area contributed by atoms with Crippen LogP contribution in [0.2, 0.25) is 0 Å². The molecule has 3 N–H and O–H groups in total. The first-order chi connectivity index (χ1) is 5.63. The van der Waals surface area contributed by atoms with Crippen LogP contribution in [0.5, 0.6) is 0 Å². The van der Waals surface area contributed by atoms with Crippen LogP contribution in [0.1, 0.15) is 23.0 Å². The van der Waals surface area contributed by atoms with E-state index >= 15 is 0 Å². The molecule has 1 heterocycles. The molecule has 1 rings (SSSR count). The molecular formula is C8H10N2O2. The van der Waals surface area contributed by atoms with Gasteiger partial charge in [-0.05, 0) is 11.6 Å². The molecule has 0 aliphatic carbocycles. The highest BCUT2D eigenvalue weighted by Crippen LogP contribution is 1.97. The van der Waals surface area contributed by atoms with Gasteiger partial charge in [0.1, 0.15) is 0 Å². The number of carbonyl (C=O) groups is 1. The molecule has 0 atom stereocenters. The molecule has 0 saturated heterocycles. The maximum Gasteiger partial charge on any atom is 0.248 e. The summed E-state index contributed by atoms with van der Waals surface area (Å²) in [6, 6.07) is 2.97. The fourth-order valence-electron chi connectivity index (χ4n) is 0.908. The van der Waals surface area contributed by atoms with E-state index in [4.69, 9.17) is 5.73 Å². The van der Waals surface area contributed by atoms with E-state index in [0.717, 1.165) is 0 Å². The van der Waals surface area contributed by atoms with E-state index in [-0.39, 0.29) is 17.9 Å². The average Bonchev–Trinajstić information content (AvgIpc) is 2.03. The number of hydrogen-bond donors (Lipinski definition) is 2. The minimum atomic E-state index is -0.289. The molecule has 0 radical (unpaired) electrons. The number of aromatic nitrogens is 1. The van der Waals surface area contributed by atoms with E-state index in [1.54, 1.807) is 6.07 Å². The van der Waals surface area contributed by atoms with E-state index in [2.05, 4.69) is 4.98 Å². The van der Waals surface area contributed by atoms with Crippen LogP contribution in [-0.4, -0.2) is 10.8 Å². The second kappa shape index (κ2) is 3.32. The average molecular weight is 166 g/mol. The van der Waals surface area contributed by atoms with E-state index in [1.807, 2.05) is 0 Å². The smallest absolute Gasteiger partial charge is 0.248 e. The molecule has 0 saturated carbocycles. The van der Waals surface area contributed by atoms with Crippen molar-refractivity contribution in [3.05, 3.63) is 33.7 Å². The summed E-state index contributed by atoms with van der Waals surface area (Å²) in [5, 5.41) is 0. The lowest BCUT2D eigenvalue weighted by atomic mass is 10.2. The summed E-state index contributed by atoms with van der Waals surface area (Å²) in [6.07, 6.45) is 0. The molecule has 0 aliphatic heterocycles. The van der Waals surface area contributed by atoms with E-state index in [1.165, 1.54) is 13.0 Å². The number of hydrogen-bond acceptors (Lipinski definition) is 3. The highest BCUT2D eigenvalue weighted by atomic mass is 16.1. The number of pyridine rings is 1. The summed E-state index contributed by atoms with van der Waals surface area (Å²) in [4.78, 5) is 24.2. The van der Waals surface area contributed by atoms with Crippen molar-refractivity contribution in [2.24, 2.45) is 5.73 Å². The monoisotopic (exact) mass is 166 g/mol. The van der Waals surface area contributed by atoms with Crippen molar-refractivity contribution in [1.29, 1.82) is 0 Å². The summed E-state index contributed by atoms with van der Waals surface area (Å²) in [6.45, 7) is 1.66. The first-order valence-electron chi connectivity index (χ1n) is 3.57. The predicted molar refractivity (Wildman–Crippen MR) is 45.0 cm³/mol. The number of ketones is 1. The molecule has 1 aromatic heterocycles. The van der Waals surface area contributed by atoms with Gasteiger partial charge in [-0.25, -0.2) is 0 Å². The number of rotatable bonds is 2. The summed E-state index contributed by atoms with van der Waals surface area (Å²) in [5.74, 6) is -0.164. The van der Waals surface area contributed by atoms with Crippen LogP contribution in [0.25, 0.3) is 0 Å². The van der Waals surface area contributed by atoms with Gasteiger partial charge < -0.3 is 10.7 Å². The van der Waals surface area contributed by atoms with Gasteiger partial charge in [-0.3, -0.25) is 9.59 Å². The topological polar surface area (TPSA) is 76.0 Å². The third-order valence-electron chi connectivity index (χ3n) is 1.52. The Labute approximate surface area is 69.4 Å². The third kappa shape index (κ3) is 1.79. The maximum absolute atomic E-state index is 10.9. The first kappa shape index (κ1) is 8.67. The molecule has 1 aromatic rings. The number of Topliss-reactive ketones (excluding diaryl/α,β-unsaturated/α-hetero) is 1. The van der Waals surface area contributed by atoms with Crippen LogP contribution in [0.3, 0.4) is 0 Å². The van der Waals surface area contributed by atoms with Crippen molar-refractivity contribution in [3.63, 3.8) is 0 Å². The van der Waals surface area contributed by atoms with Crippen LogP contribution in [0, 0.1) is 0 Å². The fourth-order valence-corrected chi connectivity index (χ4v) is 0.908. The van der Waals surface area contributed by atoms with Crippen molar-refractivity contribution < 1.29 is 4.79 Å². The van der Waals surface area contributed by atoms with E-state index < -0.39 is 0 Å². The van der Waals surface area contributed by atoms with Gasteiger partial charge in [-0.1, -0.05) is 0 Å². The zero-order valence-corrected chi connectivity index (χ0v) is 6.76. The Morgan fingerprint density at radius 3 is 2.75 bits per heavy atom. The minimum Gasteiger partial charge on any atom is -0.326 e. The van der Waals surface area contributed by atoms with Gasteiger partial charge in [0, 0.05) is 19.5 Å². The molecule has 0 amide bonds. The number of H-pyrrole nitrogens is 1. The second-order valence-corrected chi connectivity index (χ2v) is 2.53. The molecule has 12 heavy (non-hydrogen) atoms. The maximum atomic E-state index is 10.9. The van der Waals surface area contributed by atoms with Gasteiger partial charge in [-0.2, -0.15) is 0 Å². The molecule has 0 bridgehead atoms. The van der Waals surface area contributed by atoms with Crippen LogP contribution in [0.15, 0.2) is 16.9 Å².